The topological polar surface area (TPSA) is 69.6 Å². The van der Waals surface area contributed by atoms with E-state index in [1.54, 1.807) is 22.3 Å². The molecule has 0 saturated carbocycles. The Kier molecular flexibility index (Phi) is 4.46. The molecule has 3 heterocycles. The van der Waals surface area contributed by atoms with Crippen LogP contribution in [-0.2, 0) is 5.75 Å². The number of aromatic nitrogens is 5. The van der Waals surface area contributed by atoms with E-state index in [4.69, 9.17) is 4.52 Å². The lowest BCUT2D eigenvalue weighted by molar-refractivity contribution is 0.391. The molecule has 24 heavy (non-hydrogen) atoms. The zero-order valence-corrected chi connectivity index (χ0v) is 15.4. The first-order chi connectivity index (χ1) is 11.8. The van der Waals surface area contributed by atoms with E-state index in [0.717, 1.165) is 15.0 Å². The van der Waals surface area contributed by atoms with E-state index < -0.39 is 0 Å². The fourth-order valence-corrected chi connectivity index (χ4v) is 3.98. The number of thiophene rings is 1. The third kappa shape index (κ3) is 3.42. The number of halogens is 1. The molecule has 4 rings (SSSR count). The van der Waals surface area contributed by atoms with E-state index in [1.165, 1.54) is 11.8 Å². The quantitative estimate of drug-likeness (QED) is 0.445. The van der Waals surface area contributed by atoms with E-state index >= 15 is 0 Å². The fourth-order valence-electron chi connectivity index (χ4n) is 1.99. The third-order valence-corrected chi connectivity index (χ3v) is 5.60. The number of hydrogen-bond donors (Lipinski definition) is 0. The van der Waals surface area contributed by atoms with Crippen LogP contribution in [0.4, 0.5) is 0 Å². The van der Waals surface area contributed by atoms with Gasteiger partial charge in [-0.1, -0.05) is 35.1 Å². The van der Waals surface area contributed by atoms with Gasteiger partial charge in [0, 0.05) is 9.85 Å². The lowest BCUT2D eigenvalue weighted by atomic mass is 10.3. The summed E-state index contributed by atoms with van der Waals surface area (Å²) < 4.78 is 8.04. The van der Waals surface area contributed by atoms with Crippen LogP contribution >= 0.6 is 39.0 Å². The molecule has 0 aliphatic rings. The lowest BCUT2D eigenvalue weighted by Gasteiger charge is -1.97. The molecular formula is C15H10BrN5OS2. The first kappa shape index (κ1) is 15.6. The van der Waals surface area contributed by atoms with Crippen molar-refractivity contribution in [2.45, 2.75) is 10.9 Å². The molecule has 0 amide bonds. The normalized spacial score (nSPS) is 11.0. The highest BCUT2D eigenvalue weighted by Gasteiger charge is 2.12. The number of nitrogens with zero attached hydrogens (tertiary/aromatic N) is 5. The predicted molar refractivity (Wildman–Crippen MR) is 96.2 cm³/mol. The molecule has 1 aromatic carbocycles. The molecule has 0 radical (unpaired) electrons. The van der Waals surface area contributed by atoms with Crippen molar-refractivity contribution < 1.29 is 4.52 Å². The van der Waals surface area contributed by atoms with Crippen molar-refractivity contribution in [3.63, 3.8) is 0 Å². The first-order valence-electron chi connectivity index (χ1n) is 6.95. The molecule has 0 unspecified atom stereocenters. The molecule has 0 fully saturated rings. The zero-order valence-electron chi connectivity index (χ0n) is 12.2. The third-order valence-electron chi connectivity index (χ3n) is 3.07. The van der Waals surface area contributed by atoms with Crippen molar-refractivity contribution in [3.8, 4) is 16.4 Å². The van der Waals surface area contributed by atoms with Crippen molar-refractivity contribution in [1.29, 1.82) is 0 Å². The van der Waals surface area contributed by atoms with E-state index in [0.29, 0.717) is 22.6 Å². The molecule has 0 bridgehead atoms. The Morgan fingerprint density at radius 3 is 2.92 bits per heavy atom. The molecule has 3 aromatic heterocycles. The molecule has 0 aliphatic heterocycles. The minimum atomic E-state index is 0.526. The van der Waals surface area contributed by atoms with Gasteiger partial charge in [-0.15, -0.1) is 16.4 Å². The van der Waals surface area contributed by atoms with Crippen molar-refractivity contribution in [2.75, 3.05) is 0 Å². The zero-order chi connectivity index (χ0) is 16.4. The molecule has 0 atom stereocenters. The highest BCUT2D eigenvalue weighted by Crippen LogP contribution is 2.28. The van der Waals surface area contributed by atoms with Crippen molar-refractivity contribution in [2.24, 2.45) is 0 Å². The molecular weight excluding hydrogens is 410 g/mol. The van der Waals surface area contributed by atoms with Crippen LogP contribution in [0, 0.1) is 0 Å². The van der Waals surface area contributed by atoms with Gasteiger partial charge in [-0.2, -0.15) is 4.98 Å². The van der Waals surface area contributed by atoms with Crippen molar-refractivity contribution in [1.82, 2.24) is 24.9 Å². The van der Waals surface area contributed by atoms with Crippen LogP contribution in [0.3, 0.4) is 0 Å². The SMILES string of the molecule is Brc1csc(-c2noc(CSc3ncn(-c4ccccc4)n3)n2)c1. The summed E-state index contributed by atoms with van der Waals surface area (Å²) in [6, 6.07) is 11.8. The summed E-state index contributed by atoms with van der Waals surface area (Å²) >= 11 is 6.44. The van der Waals surface area contributed by atoms with Gasteiger partial charge in [0.05, 0.1) is 16.3 Å². The van der Waals surface area contributed by atoms with Gasteiger partial charge in [0.1, 0.15) is 6.33 Å². The summed E-state index contributed by atoms with van der Waals surface area (Å²) in [6.07, 6.45) is 1.69. The van der Waals surface area contributed by atoms with Crippen molar-refractivity contribution in [3.05, 3.63) is 58.5 Å². The second kappa shape index (κ2) is 6.88. The van der Waals surface area contributed by atoms with Crippen LogP contribution in [-0.4, -0.2) is 24.9 Å². The minimum absolute atomic E-state index is 0.526. The molecule has 4 aromatic rings. The molecule has 0 spiro atoms. The van der Waals surface area contributed by atoms with Gasteiger partial charge in [-0.05, 0) is 34.1 Å². The summed E-state index contributed by atoms with van der Waals surface area (Å²) in [5.41, 5.74) is 0.972. The maximum atomic E-state index is 5.29. The molecule has 0 saturated heterocycles. The van der Waals surface area contributed by atoms with Crippen LogP contribution < -0.4 is 0 Å². The van der Waals surface area contributed by atoms with Gasteiger partial charge in [0.25, 0.3) is 0 Å². The Balaban J connectivity index is 1.42. The standard InChI is InChI=1S/C15H10BrN5OS2/c16-10-6-12(23-7-10)14-18-13(22-20-14)8-24-15-17-9-21(19-15)11-4-2-1-3-5-11/h1-7,9H,8H2. The minimum Gasteiger partial charge on any atom is -0.338 e. The second-order valence-corrected chi connectivity index (χ2v) is 7.51. The summed E-state index contributed by atoms with van der Waals surface area (Å²) in [4.78, 5) is 9.67. The summed E-state index contributed by atoms with van der Waals surface area (Å²) in [5.74, 6) is 1.68. The van der Waals surface area contributed by atoms with Crippen molar-refractivity contribution >= 4 is 39.0 Å². The Labute approximate surface area is 154 Å². The van der Waals surface area contributed by atoms with Crippen LogP contribution in [0.1, 0.15) is 5.89 Å². The lowest BCUT2D eigenvalue weighted by Crippen LogP contribution is -1.93. The van der Waals surface area contributed by atoms with Gasteiger partial charge in [-0.3, -0.25) is 0 Å². The van der Waals surface area contributed by atoms with E-state index in [1.807, 2.05) is 41.8 Å². The smallest absolute Gasteiger partial charge is 0.237 e. The summed E-state index contributed by atoms with van der Waals surface area (Å²) in [7, 11) is 0. The number of hydrogen-bond acceptors (Lipinski definition) is 7. The average Bonchev–Trinajstić information content (AvgIpc) is 3.34. The summed E-state index contributed by atoms with van der Waals surface area (Å²) in [5, 5.41) is 11.1. The molecule has 6 nitrogen and oxygen atoms in total. The Hall–Kier alpha value is -1.97. The molecule has 120 valence electrons. The number of para-hydroxylation sites is 1. The second-order valence-electron chi connectivity index (χ2n) is 4.74. The molecule has 9 heteroatoms. The Bertz CT molecular complexity index is 950. The Morgan fingerprint density at radius 1 is 1.25 bits per heavy atom. The average molecular weight is 420 g/mol. The number of rotatable bonds is 5. The summed E-state index contributed by atoms with van der Waals surface area (Å²) in [6.45, 7) is 0. The highest BCUT2D eigenvalue weighted by atomic mass is 79.9. The van der Waals surface area contributed by atoms with Crippen LogP contribution in [0.15, 0.2) is 62.3 Å². The van der Waals surface area contributed by atoms with Gasteiger partial charge >= 0.3 is 0 Å². The highest BCUT2D eigenvalue weighted by molar-refractivity contribution is 9.10. The van der Waals surface area contributed by atoms with Gasteiger partial charge < -0.3 is 4.52 Å². The van der Waals surface area contributed by atoms with Gasteiger partial charge in [-0.25, -0.2) is 9.67 Å². The maximum Gasteiger partial charge on any atom is 0.237 e. The number of thioether (sulfide) groups is 1. The van der Waals surface area contributed by atoms with Gasteiger partial charge in [0.15, 0.2) is 0 Å². The first-order valence-corrected chi connectivity index (χ1v) is 9.60. The fraction of sp³-hybridized carbons (Fsp3) is 0.0667. The van der Waals surface area contributed by atoms with Crippen LogP contribution in [0.25, 0.3) is 16.4 Å². The monoisotopic (exact) mass is 419 g/mol. The van der Waals surface area contributed by atoms with Crippen LogP contribution in [0.5, 0.6) is 0 Å². The van der Waals surface area contributed by atoms with E-state index in [9.17, 15) is 0 Å². The molecule has 0 N–H and O–H groups in total. The Morgan fingerprint density at radius 2 is 2.12 bits per heavy atom. The maximum absolute atomic E-state index is 5.29. The van der Waals surface area contributed by atoms with E-state index in [2.05, 4.69) is 36.2 Å². The largest absolute Gasteiger partial charge is 0.338 e. The number of benzene rings is 1. The predicted octanol–water partition coefficient (Wildman–Crippen LogP) is 4.43. The van der Waals surface area contributed by atoms with Gasteiger partial charge in [0.2, 0.25) is 16.9 Å². The molecule has 0 aliphatic carbocycles. The van der Waals surface area contributed by atoms with E-state index in [-0.39, 0.29) is 0 Å². The van der Waals surface area contributed by atoms with Crippen LogP contribution in [0.2, 0.25) is 0 Å².